The first kappa shape index (κ1) is 16.5. The molecular formula is C19H29N3O. The zero-order chi connectivity index (χ0) is 16.6. The molecule has 2 aromatic rings. The molecule has 1 aliphatic heterocycles. The number of aryl methyl sites for hydroxylation is 1. The number of aromatic nitrogens is 1. The van der Waals surface area contributed by atoms with Crippen molar-refractivity contribution in [2.24, 2.45) is 12.8 Å². The van der Waals surface area contributed by atoms with Crippen molar-refractivity contribution >= 4 is 10.9 Å². The number of hydrogen-bond acceptors (Lipinski definition) is 3. The Bertz CT molecular complexity index is 702. The van der Waals surface area contributed by atoms with E-state index >= 15 is 0 Å². The molecule has 0 saturated carbocycles. The first-order valence-corrected chi connectivity index (χ1v) is 8.66. The highest BCUT2D eigenvalue weighted by Gasteiger charge is 2.22. The fourth-order valence-corrected chi connectivity index (χ4v) is 3.68. The van der Waals surface area contributed by atoms with Crippen molar-refractivity contribution < 1.29 is 4.74 Å². The minimum atomic E-state index is 0.190. The van der Waals surface area contributed by atoms with Gasteiger partial charge in [-0.2, -0.15) is 0 Å². The Kier molecular flexibility index (Phi) is 4.76. The van der Waals surface area contributed by atoms with E-state index in [9.17, 15) is 0 Å². The highest BCUT2D eigenvalue weighted by atomic mass is 16.5. The summed E-state index contributed by atoms with van der Waals surface area (Å²) in [5.41, 5.74) is 13.1. The molecular weight excluding hydrogens is 286 g/mol. The van der Waals surface area contributed by atoms with Crippen molar-refractivity contribution in [3.63, 3.8) is 0 Å². The lowest BCUT2D eigenvalue weighted by atomic mass is 10.0. The number of fused-ring (bicyclic) bond motifs is 2. The third-order valence-electron chi connectivity index (χ3n) is 5.01. The van der Waals surface area contributed by atoms with Gasteiger partial charge in [0.05, 0.1) is 6.61 Å². The van der Waals surface area contributed by atoms with E-state index in [0.717, 1.165) is 39.3 Å². The van der Waals surface area contributed by atoms with Crippen LogP contribution in [0.1, 0.15) is 36.2 Å². The van der Waals surface area contributed by atoms with Crippen molar-refractivity contribution in [2.45, 2.75) is 46.3 Å². The van der Waals surface area contributed by atoms with Gasteiger partial charge >= 0.3 is 0 Å². The van der Waals surface area contributed by atoms with Gasteiger partial charge in [-0.15, -0.1) is 0 Å². The summed E-state index contributed by atoms with van der Waals surface area (Å²) in [6.07, 6.45) is 0.940. The van der Waals surface area contributed by atoms with Crippen LogP contribution in [0.15, 0.2) is 12.1 Å². The number of ether oxygens (including phenoxy) is 1. The number of nitrogens with two attached hydrogens (primary N) is 1. The van der Waals surface area contributed by atoms with Crippen molar-refractivity contribution in [1.82, 2.24) is 9.47 Å². The molecule has 0 aliphatic carbocycles. The maximum Gasteiger partial charge on any atom is 0.0593 e. The monoisotopic (exact) mass is 315 g/mol. The molecule has 0 bridgehead atoms. The second-order valence-electron chi connectivity index (χ2n) is 6.85. The fourth-order valence-electron chi connectivity index (χ4n) is 3.68. The molecule has 1 aliphatic rings. The third kappa shape index (κ3) is 3.16. The van der Waals surface area contributed by atoms with Crippen LogP contribution >= 0.6 is 0 Å². The second kappa shape index (κ2) is 6.63. The standard InChI is InChI=1S/C19H29N3O/c1-5-23-7-6-22-11-15-9-18-17(8-13(2)20)14(3)21(4)19(18)10-16(15)12-22/h9-10,13H,5-8,11-12,20H2,1-4H3. The van der Waals surface area contributed by atoms with Gasteiger partial charge in [0.25, 0.3) is 0 Å². The van der Waals surface area contributed by atoms with Gasteiger partial charge in [-0.1, -0.05) is 0 Å². The topological polar surface area (TPSA) is 43.4 Å². The summed E-state index contributed by atoms with van der Waals surface area (Å²) in [6.45, 7) is 11.0. The van der Waals surface area contributed by atoms with Crippen LogP contribution in [0, 0.1) is 6.92 Å². The molecule has 0 fully saturated rings. The highest BCUT2D eigenvalue weighted by Crippen LogP contribution is 2.32. The molecule has 4 nitrogen and oxygen atoms in total. The van der Waals surface area contributed by atoms with Crippen molar-refractivity contribution in [3.8, 4) is 0 Å². The normalized spacial score (nSPS) is 16.2. The van der Waals surface area contributed by atoms with E-state index in [4.69, 9.17) is 10.5 Å². The molecule has 0 saturated heterocycles. The molecule has 0 amide bonds. The first-order chi connectivity index (χ1) is 11.0. The zero-order valence-electron chi connectivity index (χ0n) is 14.9. The number of benzene rings is 1. The zero-order valence-corrected chi connectivity index (χ0v) is 14.9. The minimum absolute atomic E-state index is 0.190. The van der Waals surface area contributed by atoms with Crippen LogP contribution in [0.4, 0.5) is 0 Å². The van der Waals surface area contributed by atoms with Gasteiger partial charge in [-0.05, 0) is 56.0 Å². The van der Waals surface area contributed by atoms with Crippen LogP contribution in [-0.4, -0.2) is 35.3 Å². The Morgan fingerprint density at radius 2 is 1.96 bits per heavy atom. The van der Waals surface area contributed by atoms with Gasteiger partial charge in [0.1, 0.15) is 0 Å². The average Bonchev–Trinajstić information content (AvgIpc) is 3.00. The van der Waals surface area contributed by atoms with Crippen molar-refractivity contribution in [2.75, 3.05) is 19.8 Å². The van der Waals surface area contributed by atoms with Crippen LogP contribution in [0.25, 0.3) is 10.9 Å². The Hall–Kier alpha value is -1.36. The maximum atomic E-state index is 6.07. The van der Waals surface area contributed by atoms with Crippen LogP contribution in [-0.2, 0) is 31.3 Å². The number of nitrogens with zero attached hydrogens (tertiary/aromatic N) is 2. The predicted octanol–water partition coefficient (Wildman–Crippen LogP) is 2.73. The average molecular weight is 315 g/mol. The molecule has 126 valence electrons. The van der Waals surface area contributed by atoms with Gasteiger partial charge in [0, 0.05) is 55.9 Å². The summed E-state index contributed by atoms with van der Waals surface area (Å²) in [5, 5.41) is 1.38. The number of rotatable bonds is 6. The highest BCUT2D eigenvalue weighted by molar-refractivity contribution is 5.87. The molecule has 0 spiro atoms. The lowest BCUT2D eigenvalue weighted by molar-refractivity contribution is 0.113. The summed E-state index contributed by atoms with van der Waals surface area (Å²) in [7, 11) is 2.16. The minimum Gasteiger partial charge on any atom is -0.380 e. The van der Waals surface area contributed by atoms with E-state index in [2.05, 4.69) is 42.5 Å². The maximum absolute atomic E-state index is 6.07. The summed E-state index contributed by atoms with van der Waals surface area (Å²) >= 11 is 0. The van der Waals surface area contributed by atoms with E-state index in [-0.39, 0.29) is 6.04 Å². The molecule has 1 atom stereocenters. The molecule has 2 N–H and O–H groups in total. The lowest BCUT2D eigenvalue weighted by Crippen LogP contribution is -2.21. The molecule has 1 aromatic heterocycles. The van der Waals surface area contributed by atoms with E-state index in [0.29, 0.717) is 0 Å². The number of hydrogen-bond donors (Lipinski definition) is 1. The summed E-state index contributed by atoms with van der Waals surface area (Å²) in [5.74, 6) is 0. The Labute approximate surface area is 139 Å². The quantitative estimate of drug-likeness (QED) is 0.834. The van der Waals surface area contributed by atoms with Gasteiger partial charge in [-0.25, -0.2) is 0 Å². The largest absolute Gasteiger partial charge is 0.380 e. The molecule has 1 aromatic carbocycles. The molecule has 2 heterocycles. The SMILES string of the molecule is CCOCCN1Cc2cc3c(CC(C)N)c(C)n(C)c3cc2C1. The molecule has 1 unspecified atom stereocenters. The van der Waals surface area contributed by atoms with E-state index in [1.807, 2.05) is 6.92 Å². The first-order valence-electron chi connectivity index (χ1n) is 8.66. The van der Waals surface area contributed by atoms with Gasteiger partial charge < -0.3 is 15.0 Å². The Morgan fingerprint density at radius 1 is 1.26 bits per heavy atom. The summed E-state index contributed by atoms with van der Waals surface area (Å²) in [4.78, 5) is 2.47. The molecule has 0 radical (unpaired) electrons. The van der Waals surface area contributed by atoms with Gasteiger partial charge in [-0.3, -0.25) is 4.90 Å². The lowest BCUT2D eigenvalue weighted by Gasteiger charge is -2.13. The van der Waals surface area contributed by atoms with Crippen LogP contribution in [0.5, 0.6) is 0 Å². The smallest absolute Gasteiger partial charge is 0.0593 e. The van der Waals surface area contributed by atoms with E-state index in [1.54, 1.807) is 0 Å². The van der Waals surface area contributed by atoms with Gasteiger partial charge in [0.15, 0.2) is 0 Å². The van der Waals surface area contributed by atoms with Crippen molar-refractivity contribution in [3.05, 3.63) is 34.5 Å². The Balaban J connectivity index is 1.91. The van der Waals surface area contributed by atoms with Gasteiger partial charge in [0.2, 0.25) is 0 Å². The van der Waals surface area contributed by atoms with E-state index < -0.39 is 0 Å². The molecule has 23 heavy (non-hydrogen) atoms. The Morgan fingerprint density at radius 3 is 2.61 bits per heavy atom. The fraction of sp³-hybridized carbons (Fsp3) is 0.579. The second-order valence-corrected chi connectivity index (χ2v) is 6.85. The van der Waals surface area contributed by atoms with Crippen molar-refractivity contribution in [1.29, 1.82) is 0 Å². The van der Waals surface area contributed by atoms with E-state index in [1.165, 1.54) is 33.3 Å². The summed E-state index contributed by atoms with van der Waals surface area (Å²) < 4.78 is 7.81. The van der Waals surface area contributed by atoms with Crippen LogP contribution in [0.3, 0.4) is 0 Å². The third-order valence-corrected chi connectivity index (χ3v) is 5.01. The molecule has 3 rings (SSSR count). The summed E-state index contributed by atoms with van der Waals surface area (Å²) in [6, 6.07) is 4.97. The van der Waals surface area contributed by atoms with Crippen LogP contribution in [0.2, 0.25) is 0 Å². The predicted molar refractivity (Wildman–Crippen MR) is 95.6 cm³/mol. The van der Waals surface area contributed by atoms with Crippen LogP contribution < -0.4 is 5.73 Å². The molecule has 4 heteroatoms.